The molecule has 4 rings (SSSR count). The Balaban J connectivity index is 1.49. The number of fused-ring (bicyclic) bond motifs is 1. The van der Waals surface area contributed by atoms with Crippen molar-refractivity contribution in [2.24, 2.45) is 0 Å². The number of amides is 1. The molecule has 0 spiro atoms. The van der Waals surface area contributed by atoms with Crippen molar-refractivity contribution in [3.63, 3.8) is 0 Å². The van der Waals surface area contributed by atoms with E-state index in [0.29, 0.717) is 5.92 Å². The van der Waals surface area contributed by atoms with E-state index in [1.807, 2.05) is 29.2 Å². The average Bonchev–Trinajstić information content (AvgIpc) is 3.20. The van der Waals surface area contributed by atoms with Crippen molar-refractivity contribution in [1.82, 2.24) is 19.9 Å². The molecular weight excluding hydrogens is 312 g/mol. The molecule has 0 bridgehead atoms. The molecule has 1 aliphatic rings. The monoisotopic (exact) mass is 334 g/mol. The SMILES string of the molecule is Cc1ccc(C2CC(C)N(C(=O)Cn3nnc4ccccc43)C2)cc1. The summed E-state index contributed by atoms with van der Waals surface area (Å²) in [5.41, 5.74) is 4.31. The van der Waals surface area contributed by atoms with Gasteiger partial charge in [-0.05, 0) is 38.0 Å². The van der Waals surface area contributed by atoms with E-state index in [9.17, 15) is 4.79 Å². The highest BCUT2D eigenvalue weighted by Crippen LogP contribution is 2.32. The highest BCUT2D eigenvalue weighted by Gasteiger charge is 2.33. The third-order valence-corrected chi connectivity index (χ3v) is 5.15. The zero-order valence-electron chi connectivity index (χ0n) is 14.6. The highest BCUT2D eigenvalue weighted by molar-refractivity contribution is 5.80. The van der Waals surface area contributed by atoms with Gasteiger partial charge in [0.25, 0.3) is 0 Å². The van der Waals surface area contributed by atoms with E-state index in [2.05, 4.69) is 48.4 Å². The zero-order chi connectivity index (χ0) is 17.4. The van der Waals surface area contributed by atoms with Crippen molar-refractivity contribution in [3.05, 3.63) is 59.7 Å². The second kappa shape index (κ2) is 6.31. The summed E-state index contributed by atoms with van der Waals surface area (Å²) in [7, 11) is 0. The Morgan fingerprint density at radius 3 is 2.72 bits per heavy atom. The van der Waals surface area contributed by atoms with Gasteiger partial charge in [0.2, 0.25) is 5.91 Å². The van der Waals surface area contributed by atoms with Crippen LogP contribution in [0.15, 0.2) is 48.5 Å². The van der Waals surface area contributed by atoms with Crippen LogP contribution in [0, 0.1) is 6.92 Å². The first-order valence-electron chi connectivity index (χ1n) is 8.76. The summed E-state index contributed by atoms with van der Waals surface area (Å²) in [6, 6.07) is 16.6. The summed E-state index contributed by atoms with van der Waals surface area (Å²) >= 11 is 0. The number of rotatable bonds is 3. The van der Waals surface area contributed by atoms with E-state index in [1.165, 1.54) is 11.1 Å². The number of aryl methyl sites for hydroxylation is 1. The van der Waals surface area contributed by atoms with Gasteiger partial charge >= 0.3 is 0 Å². The van der Waals surface area contributed by atoms with Gasteiger partial charge in [0.15, 0.2) is 0 Å². The van der Waals surface area contributed by atoms with Gasteiger partial charge in [0, 0.05) is 18.5 Å². The van der Waals surface area contributed by atoms with Crippen LogP contribution in [0.1, 0.15) is 30.4 Å². The Bertz CT molecular complexity index is 899. The third kappa shape index (κ3) is 3.02. The lowest BCUT2D eigenvalue weighted by Gasteiger charge is -2.21. The summed E-state index contributed by atoms with van der Waals surface area (Å²) in [5, 5.41) is 8.27. The van der Waals surface area contributed by atoms with Crippen molar-refractivity contribution in [2.45, 2.75) is 38.8 Å². The van der Waals surface area contributed by atoms with E-state index < -0.39 is 0 Å². The standard InChI is InChI=1S/C20H22N4O/c1-14-7-9-16(10-8-14)17-11-15(2)23(12-17)20(25)13-24-19-6-4-3-5-18(19)21-22-24/h3-10,15,17H,11-13H2,1-2H3. The Kier molecular flexibility index (Phi) is 3.99. The molecule has 1 aromatic heterocycles. The largest absolute Gasteiger partial charge is 0.338 e. The van der Waals surface area contributed by atoms with Crippen LogP contribution in [0.2, 0.25) is 0 Å². The number of nitrogens with zero attached hydrogens (tertiary/aromatic N) is 4. The molecule has 2 atom stereocenters. The number of hydrogen-bond acceptors (Lipinski definition) is 3. The van der Waals surface area contributed by atoms with Crippen LogP contribution in [0.3, 0.4) is 0 Å². The van der Waals surface area contributed by atoms with Gasteiger partial charge in [-0.15, -0.1) is 5.10 Å². The Labute approximate surface area is 147 Å². The first-order chi connectivity index (χ1) is 12.1. The number of aromatic nitrogens is 3. The Morgan fingerprint density at radius 2 is 1.92 bits per heavy atom. The molecule has 3 aromatic rings. The van der Waals surface area contributed by atoms with Crippen molar-refractivity contribution in [1.29, 1.82) is 0 Å². The molecule has 1 amide bonds. The minimum Gasteiger partial charge on any atom is -0.338 e. The smallest absolute Gasteiger partial charge is 0.244 e. The molecular formula is C20H22N4O. The van der Waals surface area contributed by atoms with Crippen LogP contribution >= 0.6 is 0 Å². The minimum absolute atomic E-state index is 0.109. The Hall–Kier alpha value is -2.69. The number of carbonyl (C=O) groups is 1. The molecule has 128 valence electrons. The van der Waals surface area contributed by atoms with Crippen LogP contribution < -0.4 is 0 Å². The lowest BCUT2D eigenvalue weighted by atomic mass is 9.96. The third-order valence-electron chi connectivity index (χ3n) is 5.15. The first kappa shape index (κ1) is 15.8. The first-order valence-corrected chi connectivity index (χ1v) is 8.76. The molecule has 0 radical (unpaired) electrons. The highest BCUT2D eigenvalue weighted by atomic mass is 16.2. The molecule has 0 N–H and O–H groups in total. The molecule has 2 heterocycles. The summed E-state index contributed by atoms with van der Waals surface area (Å²) in [6.45, 7) is 5.24. The van der Waals surface area contributed by atoms with Crippen LogP contribution in [0.4, 0.5) is 0 Å². The van der Waals surface area contributed by atoms with E-state index in [1.54, 1.807) is 4.68 Å². The lowest BCUT2D eigenvalue weighted by molar-refractivity contribution is -0.132. The fourth-order valence-corrected chi connectivity index (χ4v) is 3.71. The van der Waals surface area contributed by atoms with Crippen LogP contribution in [-0.2, 0) is 11.3 Å². The number of carbonyl (C=O) groups excluding carboxylic acids is 1. The predicted octanol–water partition coefficient (Wildman–Crippen LogP) is 3.14. The molecule has 2 unspecified atom stereocenters. The Morgan fingerprint density at radius 1 is 1.16 bits per heavy atom. The van der Waals surface area contributed by atoms with Crippen LogP contribution in [0.25, 0.3) is 11.0 Å². The van der Waals surface area contributed by atoms with Gasteiger partial charge in [-0.1, -0.05) is 47.2 Å². The van der Waals surface area contributed by atoms with Crippen LogP contribution in [-0.4, -0.2) is 38.4 Å². The maximum Gasteiger partial charge on any atom is 0.244 e. The predicted molar refractivity (Wildman–Crippen MR) is 97.2 cm³/mol. The van der Waals surface area contributed by atoms with Gasteiger partial charge in [0.1, 0.15) is 12.1 Å². The maximum atomic E-state index is 12.8. The van der Waals surface area contributed by atoms with Crippen molar-refractivity contribution < 1.29 is 4.79 Å². The fourth-order valence-electron chi connectivity index (χ4n) is 3.71. The van der Waals surface area contributed by atoms with E-state index in [4.69, 9.17) is 0 Å². The number of para-hydroxylation sites is 1. The number of hydrogen-bond donors (Lipinski definition) is 0. The molecule has 5 nitrogen and oxygen atoms in total. The summed E-state index contributed by atoms with van der Waals surface area (Å²) in [6.07, 6.45) is 1.01. The van der Waals surface area contributed by atoms with Crippen molar-refractivity contribution in [2.75, 3.05) is 6.54 Å². The van der Waals surface area contributed by atoms with E-state index >= 15 is 0 Å². The van der Waals surface area contributed by atoms with Crippen molar-refractivity contribution >= 4 is 16.9 Å². The molecule has 25 heavy (non-hydrogen) atoms. The average molecular weight is 334 g/mol. The zero-order valence-corrected chi connectivity index (χ0v) is 14.6. The molecule has 5 heteroatoms. The topological polar surface area (TPSA) is 51.0 Å². The summed E-state index contributed by atoms with van der Waals surface area (Å²) in [4.78, 5) is 14.8. The summed E-state index contributed by atoms with van der Waals surface area (Å²) < 4.78 is 1.70. The molecule has 2 aromatic carbocycles. The van der Waals surface area contributed by atoms with Gasteiger partial charge < -0.3 is 4.90 Å². The number of benzene rings is 2. The maximum absolute atomic E-state index is 12.8. The lowest BCUT2D eigenvalue weighted by Crippen LogP contribution is -2.36. The van der Waals surface area contributed by atoms with Gasteiger partial charge in [-0.2, -0.15) is 0 Å². The second-order valence-corrected chi connectivity index (χ2v) is 6.97. The quantitative estimate of drug-likeness (QED) is 0.739. The fraction of sp³-hybridized carbons (Fsp3) is 0.350. The molecule has 1 saturated heterocycles. The van der Waals surface area contributed by atoms with Gasteiger partial charge in [0.05, 0.1) is 5.52 Å². The molecule has 1 aliphatic heterocycles. The molecule has 0 saturated carbocycles. The van der Waals surface area contributed by atoms with Gasteiger partial charge in [-0.3, -0.25) is 4.79 Å². The number of likely N-dealkylation sites (tertiary alicyclic amines) is 1. The molecule has 1 fully saturated rings. The second-order valence-electron chi connectivity index (χ2n) is 6.97. The van der Waals surface area contributed by atoms with Crippen molar-refractivity contribution in [3.8, 4) is 0 Å². The van der Waals surface area contributed by atoms with E-state index in [-0.39, 0.29) is 18.5 Å². The van der Waals surface area contributed by atoms with E-state index in [0.717, 1.165) is 24.0 Å². The summed E-state index contributed by atoms with van der Waals surface area (Å²) in [5.74, 6) is 0.518. The van der Waals surface area contributed by atoms with Gasteiger partial charge in [-0.25, -0.2) is 4.68 Å². The van der Waals surface area contributed by atoms with Crippen LogP contribution in [0.5, 0.6) is 0 Å². The normalized spacial score (nSPS) is 20.3. The minimum atomic E-state index is 0.109. The molecule has 0 aliphatic carbocycles.